The van der Waals surface area contributed by atoms with Gasteiger partial charge in [-0.15, -0.1) is 0 Å². The Balaban J connectivity index is 2.51. The normalized spacial score (nSPS) is 11.5. The molecule has 2 rings (SSSR count). The maximum atomic E-state index is 5.58. The summed E-state index contributed by atoms with van der Waals surface area (Å²) in [5.41, 5.74) is 8.17. The molecule has 3 heteroatoms. The Labute approximate surface area is 92.1 Å². The molecule has 0 spiro atoms. The number of aromatic nitrogens is 1. The maximum absolute atomic E-state index is 5.58. The summed E-state index contributed by atoms with van der Waals surface area (Å²) in [5, 5.41) is 2.88. The lowest BCUT2D eigenvalue weighted by Gasteiger charge is -2.03. The lowest BCUT2D eigenvalue weighted by Crippen LogP contribution is -2.21. The summed E-state index contributed by atoms with van der Waals surface area (Å²) in [4.78, 5) is 3.33. The van der Waals surface area contributed by atoms with Crippen molar-refractivity contribution in [1.82, 2.24) is 4.98 Å². The van der Waals surface area contributed by atoms with Crippen molar-refractivity contribution in [2.75, 3.05) is 6.54 Å². The van der Waals surface area contributed by atoms with Crippen LogP contribution in [0.25, 0.3) is 10.9 Å². The molecule has 1 aromatic heterocycles. The van der Waals surface area contributed by atoms with Gasteiger partial charge in [-0.25, -0.2) is 0 Å². The Morgan fingerprint density at radius 2 is 2.13 bits per heavy atom. The summed E-state index contributed by atoms with van der Waals surface area (Å²) in [6.07, 6.45) is 3.13. The molecule has 0 saturated carbocycles. The molecule has 0 aliphatic carbocycles. The number of benzene rings is 1. The van der Waals surface area contributed by atoms with Gasteiger partial charge in [-0.1, -0.05) is 19.2 Å². The first-order chi connectivity index (χ1) is 7.22. The van der Waals surface area contributed by atoms with Crippen molar-refractivity contribution in [3.8, 4) is 0 Å². The number of aromatic amines is 1. The summed E-state index contributed by atoms with van der Waals surface area (Å²) in [6.45, 7) is 5.37. The van der Waals surface area contributed by atoms with E-state index in [4.69, 9.17) is 5.73 Å². The molecule has 79 valence electrons. The van der Waals surface area contributed by atoms with E-state index in [0.29, 0.717) is 0 Å². The van der Waals surface area contributed by atoms with Crippen LogP contribution in [-0.4, -0.2) is 20.3 Å². The van der Waals surface area contributed by atoms with Crippen LogP contribution in [0.2, 0.25) is 13.1 Å². The molecule has 15 heavy (non-hydrogen) atoms. The van der Waals surface area contributed by atoms with Crippen molar-refractivity contribution in [2.24, 2.45) is 5.73 Å². The Kier molecular flexibility index (Phi) is 2.93. The van der Waals surface area contributed by atoms with Gasteiger partial charge in [0, 0.05) is 11.7 Å². The second kappa shape index (κ2) is 4.21. The third kappa shape index (κ3) is 1.98. The summed E-state index contributed by atoms with van der Waals surface area (Å²) >= 11 is 0. The zero-order chi connectivity index (χ0) is 10.8. The summed E-state index contributed by atoms with van der Waals surface area (Å²) in [7, 11) is -0.388. The molecule has 0 aliphatic rings. The number of nitrogens with two attached hydrogens (primary N) is 1. The van der Waals surface area contributed by atoms with Crippen molar-refractivity contribution < 1.29 is 0 Å². The first-order valence-corrected chi connectivity index (χ1v) is 7.83. The van der Waals surface area contributed by atoms with Gasteiger partial charge in [0.2, 0.25) is 0 Å². The minimum absolute atomic E-state index is 0.388. The van der Waals surface area contributed by atoms with Crippen LogP contribution in [0.15, 0.2) is 24.4 Å². The van der Waals surface area contributed by atoms with Crippen LogP contribution in [0.1, 0.15) is 5.56 Å². The molecule has 0 amide bonds. The molecule has 3 N–H and O–H groups in total. The van der Waals surface area contributed by atoms with E-state index >= 15 is 0 Å². The Morgan fingerprint density at radius 3 is 2.80 bits per heavy atom. The highest BCUT2D eigenvalue weighted by atomic mass is 28.3. The molecule has 1 heterocycles. The van der Waals surface area contributed by atoms with Gasteiger partial charge in [0.1, 0.15) is 0 Å². The molecule has 2 aromatic rings. The van der Waals surface area contributed by atoms with E-state index in [9.17, 15) is 0 Å². The average molecular weight is 217 g/mol. The number of nitrogens with one attached hydrogen (secondary N) is 1. The summed E-state index contributed by atoms with van der Waals surface area (Å²) in [5.74, 6) is 0. The van der Waals surface area contributed by atoms with Crippen LogP contribution in [0.5, 0.6) is 0 Å². The van der Waals surface area contributed by atoms with E-state index in [1.165, 1.54) is 21.7 Å². The highest BCUT2D eigenvalue weighted by Crippen LogP contribution is 2.14. The van der Waals surface area contributed by atoms with Crippen molar-refractivity contribution in [1.29, 1.82) is 0 Å². The zero-order valence-electron chi connectivity index (χ0n) is 9.30. The quantitative estimate of drug-likeness (QED) is 0.754. The first-order valence-electron chi connectivity index (χ1n) is 5.33. The molecular formula is C12H17N2Si. The van der Waals surface area contributed by atoms with E-state index in [1.807, 2.05) is 0 Å². The Morgan fingerprint density at radius 1 is 1.33 bits per heavy atom. The SMILES string of the molecule is C[Si](C)c1c[nH]c2ccc(CCN)cc12. The number of H-pyrrole nitrogens is 1. The Bertz CT molecular complexity index is 460. The highest BCUT2D eigenvalue weighted by Gasteiger charge is 2.08. The molecule has 1 aromatic carbocycles. The molecule has 0 fully saturated rings. The van der Waals surface area contributed by atoms with Crippen LogP contribution in [0, 0.1) is 0 Å². The zero-order valence-corrected chi connectivity index (χ0v) is 10.3. The van der Waals surface area contributed by atoms with E-state index in [1.54, 1.807) is 0 Å². The fraction of sp³-hybridized carbons (Fsp3) is 0.333. The van der Waals surface area contributed by atoms with Crippen LogP contribution in [0.3, 0.4) is 0 Å². The number of fused-ring (bicyclic) bond motifs is 1. The number of hydrogen-bond donors (Lipinski definition) is 2. The average Bonchev–Trinajstić information content (AvgIpc) is 2.61. The monoisotopic (exact) mass is 217 g/mol. The van der Waals surface area contributed by atoms with Crippen LogP contribution in [0.4, 0.5) is 0 Å². The fourth-order valence-corrected chi connectivity index (χ4v) is 3.01. The van der Waals surface area contributed by atoms with Gasteiger partial charge in [0.05, 0.1) is 8.80 Å². The lowest BCUT2D eigenvalue weighted by molar-refractivity contribution is 0.971. The standard InChI is InChI=1S/C12H17N2Si/c1-15(2)12-8-14-11-4-3-9(5-6-13)7-10(11)12/h3-4,7-8,14H,5-6,13H2,1-2H3. The topological polar surface area (TPSA) is 41.8 Å². The van der Waals surface area contributed by atoms with Crippen molar-refractivity contribution in [3.05, 3.63) is 30.0 Å². The van der Waals surface area contributed by atoms with Crippen molar-refractivity contribution in [3.63, 3.8) is 0 Å². The van der Waals surface area contributed by atoms with Crippen LogP contribution in [-0.2, 0) is 6.42 Å². The number of rotatable bonds is 3. The molecule has 1 radical (unpaired) electrons. The lowest BCUT2D eigenvalue weighted by atomic mass is 10.1. The van der Waals surface area contributed by atoms with E-state index in [0.717, 1.165) is 13.0 Å². The third-order valence-corrected chi connectivity index (χ3v) is 4.21. The van der Waals surface area contributed by atoms with Gasteiger partial charge in [0.15, 0.2) is 0 Å². The minimum Gasteiger partial charge on any atom is -0.361 e. The molecule has 0 bridgehead atoms. The van der Waals surface area contributed by atoms with Gasteiger partial charge in [-0.2, -0.15) is 0 Å². The summed E-state index contributed by atoms with van der Waals surface area (Å²) < 4.78 is 0. The first kappa shape index (κ1) is 10.5. The third-order valence-electron chi connectivity index (χ3n) is 2.72. The Hall–Kier alpha value is -1.06. The molecule has 0 unspecified atom stereocenters. The largest absolute Gasteiger partial charge is 0.361 e. The smallest absolute Gasteiger partial charge is 0.0820 e. The van der Waals surface area contributed by atoms with Crippen molar-refractivity contribution in [2.45, 2.75) is 19.5 Å². The highest BCUT2D eigenvalue weighted by molar-refractivity contribution is 6.73. The molecule has 0 saturated heterocycles. The summed E-state index contributed by atoms with van der Waals surface area (Å²) in [6, 6.07) is 6.60. The molecule has 0 aliphatic heterocycles. The van der Waals surface area contributed by atoms with E-state index < -0.39 is 0 Å². The minimum atomic E-state index is -0.388. The second-order valence-corrected chi connectivity index (χ2v) is 6.66. The van der Waals surface area contributed by atoms with Gasteiger partial charge < -0.3 is 10.7 Å². The number of hydrogen-bond acceptors (Lipinski definition) is 1. The van der Waals surface area contributed by atoms with Crippen LogP contribution < -0.4 is 10.9 Å². The van der Waals surface area contributed by atoms with Gasteiger partial charge in [-0.05, 0) is 41.2 Å². The van der Waals surface area contributed by atoms with Gasteiger partial charge in [-0.3, -0.25) is 0 Å². The van der Waals surface area contributed by atoms with E-state index in [-0.39, 0.29) is 8.80 Å². The van der Waals surface area contributed by atoms with E-state index in [2.05, 4.69) is 42.5 Å². The maximum Gasteiger partial charge on any atom is 0.0820 e. The van der Waals surface area contributed by atoms with Gasteiger partial charge in [0.25, 0.3) is 0 Å². The fourth-order valence-electron chi connectivity index (χ4n) is 1.90. The predicted octanol–water partition coefficient (Wildman–Crippen LogP) is 1.63. The molecule has 2 nitrogen and oxygen atoms in total. The van der Waals surface area contributed by atoms with Crippen LogP contribution >= 0.6 is 0 Å². The molecular weight excluding hydrogens is 200 g/mol. The molecule has 0 atom stereocenters. The predicted molar refractivity (Wildman–Crippen MR) is 68.2 cm³/mol. The van der Waals surface area contributed by atoms with Crippen molar-refractivity contribution >= 4 is 24.9 Å². The second-order valence-electron chi connectivity index (χ2n) is 4.12. The van der Waals surface area contributed by atoms with Gasteiger partial charge >= 0.3 is 0 Å².